The normalized spacial score (nSPS) is 10.9. The first kappa shape index (κ1) is 19.7. The van der Waals surface area contributed by atoms with Crippen molar-refractivity contribution in [1.82, 2.24) is 24.7 Å². The molecule has 3 N–H and O–H groups in total. The number of aryl methyl sites for hydroxylation is 1. The highest BCUT2D eigenvalue weighted by atomic mass is 32.2. The van der Waals surface area contributed by atoms with Gasteiger partial charge in [-0.25, -0.2) is 9.36 Å². The Kier molecular flexibility index (Phi) is 5.53. The zero-order valence-electron chi connectivity index (χ0n) is 16.6. The molecule has 0 spiro atoms. The first-order valence-corrected chi connectivity index (χ1v) is 10.3. The molecular formula is C21H21N7OS. The molecule has 30 heavy (non-hydrogen) atoms. The van der Waals surface area contributed by atoms with Crippen LogP contribution in [0.1, 0.15) is 11.4 Å². The Balaban J connectivity index is 1.44. The third-order valence-electron chi connectivity index (χ3n) is 4.59. The number of anilines is 1. The number of nitrogen functional groups attached to an aromatic ring is 1. The molecule has 0 fully saturated rings. The molecule has 8 nitrogen and oxygen atoms in total. The summed E-state index contributed by atoms with van der Waals surface area (Å²) in [5.74, 6) is 6.65. The number of carbonyl (C=O) groups excluding carboxylic acids is 1. The molecule has 4 aromatic rings. The number of amides is 1. The van der Waals surface area contributed by atoms with E-state index in [9.17, 15) is 4.79 Å². The van der Waals surface area contributed by atoms with Gasteiger partial charge in [-0.1, -0.05) is 60.3 Å². The number of benzene rings is 2. The van der Waals surface area contributed by atoms with Crippen molar-refractivity contribution in [3.05, 3.63) is 72.1 Å². The zero-order chi connectivity index (χ0) is 21.1. The van der Waals surface area contributed by atoms with Gasteiger partial charge < -0.3 is 11.2 Å². The van der Waals surface area contributed by atoms with Gasteiger partial charge in [0.25, 0.3) is 0 Å². The lowest BCUT2D eigenvalue weighted by atomic mass is 10.2. The molecule has 0 unspecified atom stereocenters. The summed E-state index contributed by atoms with van der Waals surface area (Å²) >= 11 is 1.23. The fourth-order valence-corrected chi connectivity index (χ4v) is 3.77. The van der Waals surface area contributed by atoms with Crippen LogP contribution in [0.5, 0.6) is 0 Å². The molecule has 0 aliphatic heterocycles. The fourth-order valence-electron chi connectivity index (χ4n) is 3.11. The quantitative estimate of drug-likeness (QED) is 0.367. The van der Waals surface area contributed by atoms with Crippen LogP contribution in [-0.2, 0) is 4.79 Å². The Bertz CT molecular complexity index is 1170. The molecule has 152 valence electrons. The number of nitrogens with one attached hydrogen (secondary N) is 1. The van der Waals surface area contributed by atoms with Gasteiger partial charge in [-0.05, 0) is 26.0 Å². The summed E-state index contributed by atoms with van der Waals surface area (Å²) in [6.45, 7) is 3.80. The Labute approximate surface area is 178 Å². The van der Waals surface area contributed by atoms with Crippen LogP contribution in [0.3, 0.4) is 0 Å². The molecule has 0 radical (unpaired) electrons. The topological polar surface area (TPSA) is 104 Å². The van der Waals surface area contributed by atoms with Gasteiger partial charge >= 0.3 is 0 Å². The summed E-state index contributed by atoms with van der Waals surface area (Å²) < 4.78 is 3.22. The summed E-state index contributed by atoms with van der Waals surface area (Å²) in [7, 11) is 0. The molecule has 2 aromatic carbocycles. The first-order chi connectivity index (χ1) is 14.5. The fraction of sp³-hybridized carbons (Fsp3) is 0.143. The molecule has 0 bridgehead atoms. The molecule has 9 heteroatoms. The van der Waals surface area contributed by atoms with Gasteiger partial charge in [-0.3, -0.25) is 4.79 Å². The lowest BCUT2D eigenvalue weighted by molar-refractivity contribution is -0.113. The van der Waals surface area contributed by atoms with Crippen molar-refractivity contribution in [2.24, 2.45) is 0 Å². The van der Waals surface area contributed by atoms with Gasteiger partial charge in [-0.2, -0.15) is 5.10 Å². The van der Waals surface area contributed by atoms with E-state index in [-0.39, 0.29) is 11.7 Å². The standard InChI is InChI=1S/C21H21N7OS/c1-14-19(15(2)28(26-14)17-11-7-4-8-12-17)23-18(29)13-30-21-25-24-20(27(21)22)16-9-5-3-6-10-16/h3-12H,13,22H2,1-2H3,(H,23,29). The molecule has 0 saturated carbocycles. The Morgan fingerprint density at radius 3 is 2.40 bits per heavy atom. The number of para-hydroxylation sites is 1. The van der Waals surface area contributed by atoms with E-state index in [4.69, 9.17) is 5.84 Å². The maximum absolute atomic E-state index is 12.6. The summed E-state index contributed by atoms with van der Waals surface area (Å²) in [5, 5.41) is 16.2. The number of nitrogens with zero attached hydrogens (tertiary/aromatic N) is 5. The van der Waals surface area contributed by atoms with Crippen LogP contribution >= 0.6 is 11.8 Å². The van der Waals surface area contributed by atoms with Crippen LogP contribution in [0.25, 0.3) is 17.1 Å². The highest BCUT2D eigenvalue weighted by molar-refractivity contribution is 7.99. The van der Waals surface area contributed by atoms with Crippen molar-refractivity contribution in [2.75, 3.05) is 16.9 Å². The highest BCUT2D eigenvalue weighted by Gasteiger charge is 2.17. The number of carbonyl (C=O) groups is 1. The van der Waals surface area contributed by atoms with Crippen molar-refractivity contribution >= 4 is 23.4 Å². The van der Waals surface area contributed by atoms with Gasteiger partial charge in [0.1, 0.15) is 0 Å². The minimum Gasteiger partial charge on any atom is -0.335 e. The zero-order valence-corrected chi connectivity index (χ0v) is 17.4. The van der Waals surface area contributed by atoms with E-state index in [0.717, 1.165) is 22.6 Å². The van der Waals surface area contributed by atoms with Gasteiger partial charge in [0.15, 0.2) is 5.82 Å². The minimum absolute atomic E-state index is 0.152. The van der Waals surface area contributed by atoms with Crippen molar-refractivity contribution in [3.63, 3.8) is 0 Å². The molecule has 2 aromatic heterocycles. The van der Waals surface area contributed by atoms with Gasteiger partial charge in [0.2, 0.25) is 11.1 Å². The third-order valence-corrected chi connectivity index (χ3v) is 5.53. The smallest absolute Gasteiger partial charge is 0.234 e. The van der Waals surface area contributed by atoms with E-state index < -0.39 is 0 Å². The van der Waals surface area contributed by atoms with E-state index in [1.54, 1.807) is 0 Å². The number of aromatic nitrogens is 5. The second kappa shape index (κ2) is 8.42. The maximum Gasteiger partial charge on any atom is 0.234 e. The number of thioether (sulfide) groups is 1. The predicted octanol–water partition coefficient (Wildman–Crippen LogP) is 3.19. The van der Waals surface area contributed by atoms with Gasteiger partial charge in [0, 0.05) is 5.56 Å². The molecular weight excluding hydrogens is 398 g/mol. The average Bonchev–Trinajstić information content (AvgIpc) is 3.27. The third kappa shape index (κ3) is 3.92. The maximum atomic E-state index is 12.6. The molecule has 1 amide bonds. The monoisotopic (exact) mass is 419 g/mol. The van der Waals surface area contributed by atoms with Crippen LogP contribution < -0.4 is 11.2 Å². The average molecular weight is 420 g/mol. The largest absolute Gasteiger partial charge is 0.335 e. The van der Waals surface area contributed by atoms with E-state index >= 15 is 0 Å². The Morgan fingerprint density at radius 2 is 1.70 bits per heavy atom. The van der Waals surface area contributed by atoms with E-state index in [1.165, 1.54) is 16.4 Å². The second-order valence-corrected chi connectivity index (χ2v) is 7.61. The molecule has 2 heterocycles. The Hall–Kier alpha value is -3.59. The van der Waals surface area contributed by atoms with Crippen LogP contribution in [0.15, 0.2) is 65.8 Å². The van der Waals surface area contributed by atoms with E-state index in [1.807, 2.05) is 79.2 Å². The molecule has 0 atom stereocenters. The van der Waals surface area contributed by atoms with Crippen LogP contribution in [-0.4, -0.2) is 36.3 Å². The summed E-state index contributed by atoms with van der Waals surface area (Å²) in [6.07, 6.45) is 0. The Morgan fingerprint density at radius 1 is 1.03 bits per heavy atom. The van der Waals surface area contributed by atoms with Gasteiger partial charge in [0.05, 0.1) is 28.5 Å². The number of rotatable bonds is 6. The lowest BCUT2D eigenvalue weighted by Crippen LogP contribution is -2.17. The van der Waals surface area contributed by atoms with Crippen LogP contribution in [0.4, 0.5) is 5.69 Å². The lowest BCUT2D eigenvalue weighted by Gasteiger charge is -2.07. The van der Waals surface area contributed by atoms with Crippen molar-refractivity contribution in [2.45, 2.75) is 19.0 Å². The minimum atomic E-state index is -0.164. The molecule has 0 aliphatic carbocycles. The second-order valence-electron chi connectivity index (χ2n) is 6.67. The number of hydrogen-bond donors (Lipinski definition) is 2. The SMILES string of the molecule is Cc1nn(-c2ccccc2)c(C)c1NC(=O)CSc1nnc(-c2ccccc2)n1N. The van der Waals surface area contributed by atoms with Crippen molar-refractivity contribution < 1.29 is 4.79 Å². The van der Waals surface area contributed by atoms with Crippen LogP contribution in [0, 0.1) is 13.8 Å². The summed E-state index contributed by atoms with van der Waals surface area (Å²) in [6, 6.07) is 19.3. The van der Waals surface area contributed by atoms with Gasteiger partial charge in [-0.15, -0.1) is 10.2 Å². The number of hydrogen-bond acceptors (Lipinski definition) is 6. The summed E-state index contributed by atoms with van der Waals surface area (Å²) in [4.78, 5) is 12.6. The highest BCUT2D eigenvalue weighted by Crippen LogP contribution is 2.24. The van der Waals surface area contributed by atoms with E-state index in [0.29, 0.717) is 16.7 Å². The molecule has 0 aliphatic rings. The van der Waals surface area contributed by atoms with Crippen molar-refractivity contribution in [3.8, 4) is 17.1 Å². The molecule has 0 saturated heterocycles. The van der Waals surface area contributed by atoms with Crippen molar-refractivity contribution in [1.29, 1.82) is 0 Å². The predicted molar refractivity (Wildman–Crippen MR) is 118 cm³/mol. The van der Waals surface area contributed by atoms with Crippen LogP contribution in [0.2, 0.25) is 0 Å². The number of nitrogens with two attached hydrogens (primary N) is 1. The first-order valence-electron chi connectivity index (χ1n) is 9.35. The molecule has 4 rings (SSSR count). The summed E-state index contributed by atoms with van der Waals surface area (Å²) in [5.41, 5.74) is 4.14. The van der Waals surface area contributed by atoms with E-state index in [2.05, 4.69) is 20.6 Å².